The summed E-state index contributed by atoms with van der Waals surface area (Å²) in [4.78, 5) is 2.63. The van der Waals surface area contributed by atoms with Gasteiger partial charge >= 0.3 is 0 Å². The Labute approximate surface area is 125 Å². The average Bonchev–Trinajstić information content (AvgIpc) is 3.17. The van der Waals surface area contributed by atoms with Gasteiger partial charge in [0.15, 0.2) is 0 Å². The van der Waals surface area contributed by atoms with Gasteiger partial charge in [0.05, 0.1) is 6.04 Å². The number of benzene rings is 1. The van der Waals surface area contributed by atoms with Crippen molar-refractivity contribution in [1.29, 1.82) is 0 Å². The van der Waals surface area contributed by atoms with Gasteiger partial charge in [-0.25, -0.2) is 0 Å². The molecule has 0 spiro atoms. The smallest absolute Gasteiger partial charge is 0.0502 e. The summed E-state index contributed by atoms with van der Waals surface area (Å²) in [5, 5.41) is 0. The summed E-state index contributed by atoms with van der Waals surface area (Å²) in [6, 6.07) is 7.99. The van der Waals surface area contributed by atoms with Crippen molar-refractivity contribution in [3.8, 4) is 0 Å². The zero-order chi connectivity index (χ0) is 12.7. The van der Waals surface area contributed by atoms with Crippen LogP contribution in [0.1, 0.15) is 37.3 Å². The third kappa shape index (κ3) is 2.53. The lowest BCUT2D eigenvalue weighted by molar-refractivity contribution is 0.120. The molecule has 4 heteroatoms. The lowest BCUT2D eigenvalue weighted by Crippen LogP contribution is -2.46. The van der Waals surface area contributed by atoms with Crippen molar-refractivity contribution >= 4 is 31.9 Å². The van der Waals surface area contributed by atoms with Crippen molar-refractivity contribution in [2.24, 2.45) is 5.73 Å². The molecule has 0 radical (unpaired) electrons. The Morgan fingerprint density at radius 3 is 2.56 bits per heavy atom. The van der Waals surface area contributed by atoms with E-state index in [4.69, 9.17) is 5.73 Å². The van der Waals surface area contributed by atoms with E-state index >= 15 is 0 Å². The highest BCUT2D eigenvalue weighted by Gasteiger charge is 2.39. The first-order valence-electron chi connectivity index (χ1n) is 6.63. The van der Waals surface area contributed by atoms with E-state index in [2.05, 4.69) is 55.0 Å². The molecule has 1 aliphatic heterocycles. The summed E-state index contributed by atoms with van der Waals surface area (Å²) < 4.78 is 2.22. The fraction of sp³-hybridized carbons (Fsp3) is 0.571. The van der Waals surface area contributed by atoms with E-state index in [9.17, 15) is 0 Å². The van der Waals surface area contributed by atoms with Crippen molar-refractivity contribution in [3.63, 3.8) is 0 Å². The summed E-state index contributed by atoms with van der Waals surface area (Å²) in [6.45, 7) is 1.21. The molecule has 1 saturated heterocycles. The molecule has 2 unspecified atom stereocenters. The normalized spacial score (nSPS) is 29.5. The molecule has 0 amide bonds. The topological polar surface area (TPSA) is 29.3 Å². The zero-order valence-electron chi connectivity index (χ0n) is 10.3. The van der Waals surface area contributed by atoms with Crippen LogP contribution in [0, 0.1) is 0 Å². The van der Waals surface area contributed by atoms with Crippen LogP contribution in [0.3, 0.4) is 0 Å². The van der Waals surface area contributed by atoms with Crippen LogP contribution in [0.15, 0.2) is 27.1 Å². The predicted octanol–water partition coefficient (Wildman–Crippen LogP) is 3.84. The van der Waals surface area contributed by atoms with Crippen LogP contribution in [-0.4, -0.2) is 23.5 Å². The highest BCUT2D eigenvalue weighted by atomic mass is 79.9. The second-order valence-corrected chi connectivity index (χ2v) is 7.10. The molecule has 0 bridgehead atoms. The summed E-state index contributed by atoms with van der Waals surface area (Å²) in [7, 11) is 0. The number of nitrogens with zero attached hydrogens (tertiary/aromatic N) is 1. The Bertz CT molecular complexity index is 445. The van der Waals surface area contributed by atoms with Crippen molar-refractivity contribution in [1.82, 2.24) is 4.90 Å². The van der Waals surface area contributed by atoms with Crippen molar-refractivity contribution in [2.75, 3.05) is 6.54 Å². The second kappa shape index (κ2) is 5.23. The van der Waals surface area contributed by atoms with E-state index in [1.165, 1.54) is 31.4 Å². The molecule has 0 aromatic heterocycles. The summed E-state index contributed by atoms with van der Waals surface area (Å²) in [6.07, 6.45) is 5.08. The van der Waals surface area contributed by atoms with Gasteiger partial charge in [-0.05, 0) is 81.8 Å². The largest absolute Gasteiger partial charge is 0.326 e. The third-order valence-electron chi connectivity index (χ3n) is 4.02. The Kier molecular flexibility index (Phi) is 3.81. The molecule has 1 aromatic carbocycles. The van der Waals surface area contributed by atoms with Gasteiger partial charge in [0.1, 0.15) is 0 Å². The van der Waals surface area contributed by atoms with E-state index in [1.807, 2.05) is 0 Å². The fourth-order valence-electron chi connectivity index (χ4n) is 3.00. The van der Waals surface area contributed by atoms with Gasteiger partial charge in [0.2, 0.25) is 0 Å². The molecule has 18 heavy (non-hydrogen) atoms. The lowest BCUT2D eigenvalue weighted by Gasteiger charge is -2.40. The molecule has 2 fully saturated rings. The maximum Gasteiger partial charge on any atom is 0.0502 e. The maximum absolute atomic E-state index is 6.39. The molecule has 2 nitrogen and oxygen atoms in total. The van der Waals surface area contributed by atoms with Gasteiger partial charge in [-0.15, -0.1) is 0 Å². The minimum Gasteiger partial charge on any atom is -0.326 e. The Morgan fingerprint density at radius 2 is 1.89 bits per heavy atom. The van der Waals surface area contributed by atoms with Crippen LogP contribution in [0.4, 0.5) is 0 Å². The Morgan fingerprint density at radius 1 is 1.11 bits per heavy atom. The first-order chi connectivity index (χ1) is 8.66. The molecular formula is C14H18Br2N2. The van der Waals surface area contributed by atoms with Crippen LogP contribution in [0.5, 0.6) is 0 Å². The standard InChI is InChI=1S/C14H18Br2N2/c15-11-6-3-9(8-12(11)16)14-13(17)2-1-7-18(14)10-4-5-10/h3,6,8,10,13-14H,1-2,4-5,7,17H2. The van der Waals surface area contributed by atoms with Crippen LogP contribution in [0.25, 0.3) is 0 Å². The number of hydrogen-bond acceptors (Lipinski definition) is 2. The van der Waals surface area contributed by atoms with E-state index < -0.39 is 0 Å². The summed E-state index contributed by atoms with van der Waals surface area (Å²) in [5.74, 6) is 0. The average molecular weight is 374 g/mol. The monoisotopic (exact) mass is 372 g/mol. The highest BCUT2D eigenvalue weighted by Crippen LogP contribution is 2.40. The van der Waals surface area contributed by atoms with Crippen LogP contribution >= 0.6 is 31.9 Å². The molecule has 2 atom stereocenters. The first kappa shape index (κ1) is 13.1. The molecule has 1 saturated carbocycles. The number of halogens is 2. The number of rotatable bonds is 2. The van der Waals surface area contributed by atoms with Crippen molar-refractivity contribution < 1.29 is 0 Å². The molecule has 1 aliphatic carbocycles. The minimum absolute atomic E-state index is 0.271. The minimum atomic E-state index is 0.271. The maximum atomic E-state index is 6.39. The molecule has 2 aliphatic rings. The van der Waals surface area contributed by atoms with Gasteiger partial charge in [-0.1, -0.05) is 6.07 Å². The second-order valence-electron chi connectivity index (χ2n) is 5.39. The van der Waals surface area contributed by atoms with E-state index in [0.717, 1.165) is 21.4 Å². The van der Waals surface area contributed by atoms with Crippen LogP contribution < -0.4 is 5.73 Å². The van der Waals surface area contributed by atoms with E-state index in [0.29, 0.717) is 6.04 Å². The van der Waals surface area contributed by atoms with Gasteiger partial charge in [-0.3, -0.25) is 4.90 Å². The van der Waals surface area contributed by atoms with Gasteiger partial charge in [0, 0.05) is 21.0 Å². The first-order valence-corrected chi connectivity index (χ1v) is 8.21. The van der Waals surface area contributed by atoms with Crippen LogP contribution in [-0.2, 0) is 0 Å². The summed E-state index contributed by atoms with van der Waals surface area (Å²) in [5.41, 5.74) is 7.74. The quantitative estimate of drug-likeness (QED) is 0.853. The number of hydrogen-bond donors (Lipinski definition) is 1. The molecule has 2 N–H and O–H groups in total. The van der Waals surface area contributed by atoms with Crippen LogP contribution in [0.2, 0.25) is 0 Å². The van der Waals surface area contributed by atoms with Gasteiger partial charge in [-0.2, -0.15) is 0 Å². The zero-order valence-corrected chi connectivity index (χ0v) is 13.5. The fourth-order valence-corrected chi connectivity index (χ4v) is 3.65. The number of piperidine rings is 1. The Balaban J connectivity index is 1.92. The predicted molar refractivity (Wildman–Crippen MR) is 81.5 cm³/mol. The molecule has 3 rings (SSSR count). The molecule has 1 heterocycles. The number of nitrogens with two attached hydrogens (primary N) is 1. The van der Waals surface area contributed by atoms with Crippen molar-refractivity contribution in [3.05, 3.63) is 32.7 Å². The Hall–Kier alpha value is 0.1000. The van der Waals surface area contributed by atoms with E-state index in [-0.39, 0.29) is 6.04 Å². The van der Waals surface area contributed by atoms with Gasteiger partial charge in [0.25, 0.3) is 0 Å². The van der Waals surface area contributed by atoms with Gasteiger partial charge < -0.3 is 5.73 Å². The molecule has 98 valence electrons. The van der Waals surface area contributed by atoms with Crippen molar-refractivity contribution in [2.45, 2.75) is 43.8 Å². The molecule has 1 aromatic rings. The third-order valence-corrected chi connectivity index (χ3v) is 5.90. The molecular weight excluding hydrogens is 356 g/mol. The lowest BCUT2D eigenvalue weighted by atomic mass is 9.91. The SMILES string of the molecule is NC1CCCN(C2CC2)C1c1ccc(Br)c(Br)c1. The highest BCUT2D eigenvalue weighted by molar-refractivity contribution is 9.13. The number of likely N-dealkylation sites (tertiary alicyclic amines) is 1. The van der Waals surface area contributed by atoms with E-state index in [1.54, 1.807) is 0 Å². The summed E-state index contributed by atoms with van der Waals surface area (Å²) >= 11 is 7.13.